The number of rotatable bonds is 3. The van der Waals surface area contributed by atoms with Crippen LogP contribution in [0.2, 0.25) is 0 Å². The van der Waals surface area contributed by atoms with Crippen molar-refractivity contribution in [3.63, 3.8) is 0 Å². The van der Waals surface area contributed by atoms with Crippen LogP contribution in [0, 0.1) is 5.82 Å². The van der Waals surface area contributed by atoms with Gasteiger partial charge in [-0.2, -0.15) is 0 Å². The zero-order valence-electron chi connectivity index (χ0n) is 13.6. The fourth-order valence-electron chi connectivity index (χ4n) is 3.19. The molecule has 2 aliphatic rings. The fourth-order valence-corrected chi connectivity index (χ4v) is 3.59. The van der Waals surface area contributed by atoms with Crippen molar-refractivity contribution >= 4 is 27.7 Å². The van der Waals surface area contributed by atoms with Gasteiger partial charge in [-0.3, -0.25) is 4.79 Å². The van der Waals surface area contributed by atoms with E-state index in [1.54, 1.807) is 13.0 Å². The number of esters is 1. The summed E-state index contributed by atoms with van der Waals surface area (Å²) >= 11 is 3.15. The Morgan fingerprint density at radius 2 is 2.20 bits per heavy atom. The molecular formula is C18H17BrFNO4. The van der Waals surface area contributed by atoms with Crippen LogP contribution in [0.25, 0.3) is 0 Å². The third-order valence-electron chi connectivity index (χ3n) is 4.26. The van der Waals surface area contributed by atoms with Crippen LogP contribution >= 0.6 is 15.9 Å². The summed E-state index contributed by atoms with van der Waals surface area (Å²) in [6.45, 7) is 1.84. The molecule has 1 aliphatic carbocycles. The average molecular weight is 410 g/mol. The molecule has 0 radical (unpaired) electrons. The Morgan fingerprint density at radius 1 is 1.44 bits per heavy atom. The SMILES string of the molecule is CCOC(=O)C1=C(N)OC2=C(C(=O)CCC2)[C@H]1c1ccc(F)c(Br)c1. The smallest absolute Gasteiger partial charge is 0.340 e. The number of halogens is 2. The van der Waals surface area contributed by atoms with E-state index in [-0.39, 0.29) is 28.3 Å². The van der Waals surface area contributed by atoms with Gasteiger partial charge >= 0.3 is 5.97 Å². The van der Waals surface area contributed by atoms with Gasteiger partial charge in [-0.1, -0.05) is 6.07 Å². The first-order valence-electron chi connectivity index (χ1n) is 7.99. The molecule has 0 fully saturated rings. The van der Waals surface area contributed by atoms with Crippen molar-refractivity contribution in [3.8, 4) is 0 Å². The number of hydrogen-bond donors (Lipinski definition) is 1. The van der Waals surface area contributed by atoms with Crippen LogP contribution in [-0.4, -0.2) is 18.4 Å². The first-order valence-corrected chi connectivity index (χ1v) is 8.79. The van der Waals surface area contributed by atoms with Gasteiger partial charge in [-0.05, 0) is 47.0 Å². The van der Waals surface area contributed by atoms with Gasteiger partial charge in [0.15, 0.2) is 5.78 Å². The van der Waals surface area contributed by atoms with Gasteiger partial charge in [-0.15, -0.1) is 0 Å². The van der Waals surface area contributed by atoms with E-state index in [0.717, 1.165) is 0 Å². The lowest BCUT2D eigenvalue weighted by Gasteiger charge is -2.32. The average Bonchev–Trinajstić information content (AvgIpc) is 2.56. The fraction of sp³-hybridized carbons (Fsp3) is 0.333. The van der Waals surface area contributed by atoms with Crippen LogP contribution in [0.5, 0.6) is 0 Å². The molecule has 2 N–H and O–H groups in total. The molecule has 3 rings (SSSR count). The van der Waals surface area contributed by atoms with E-state index >= 15 is 0 Å². The molecule has 0 aromatic heterocycles. The Kier molecular flexibility index (Phi) is 4.94. The molecule has 0 bridgehead atoms. The molecule has 1 aliphatic heterocycles. The minimum absolute atomic E-state index is 0.0719. The second kappa shape index (κ2) is 7.00. The first-order chi connectivity index (χ1) is 11.9. The number of Topliss-reactive ketones (excluding diaryl/α,β-unsaturated/α-hetero) is 1. The number of ketones is 1. The maximum atomic E-state index is 13.6. The predicted molar refractivity (Wildman–Crippen MR) is 91.7 cm³/mol. The standard InChI is InChI=1S/C18H17BrFNO4/c1-2-24-18(23)16-14(9-6-7-11(20)10(19)8-9)15-12(22)4-3-5-13(15)25-17(16)21/h6-8,14H,2-5,21H2,1H3/t14-/m1/s1. The normalized spacial score (nSPS) is 20.3. The summed E-state index contributed by atoms with van der Waals surface area (Å²) in [5, 5.41) is 0. The van der Waals surface area contributed by atoms with E-state index in [4.69, 9.17) is 15.2 Å². The third-order valence-corrected chi connectivity index (χ3v) is 4.86. The van der Waals surface area contributed by atoms with Crippen molar-refractivity contribution in [2.24, 2.45) is 5.73 Å². The van der Waals surface area contributed by atoms with E-state index in [1.165, 1.54) is 12.1 Å². The number of benzene rings is 1. The van der Waals surface area contributed by atoms with Gasteiger partial charge in [0.2, 0.25) is 5.88 Å². The van der Waals surface area contributed by atoms with Crippen molar-refractivity contribution in [2.45, 2.75) is 32.1 Å². The van der Waals surface area contributed by atoms with E-state index in [2.05, 4.69) is 15.9 Å². The molecule has 132 valence electrons. The van der Waals surface area contributed by atoms with Gasteiger partial charge in [0, 0.05) is 18.4 Å². The molecule has 1 atom stereocenters. The molecule has 5 nitrogen and oxygen atoms in total. The molecule has 0 saturated carbocycles. The maximum Gasteiger partial charge on any atom is 0.340 e. The van der Waals surface area contributed by atoms with Crippen molar-refractivity contribution in [1.82, 2.24) is 0 Å². The molecule has 0 unspecified atom stereocenters. The quantitative estimate of drug-likeness (QED) is 0.773. The monoisotopic (exact) mass is 409 g/mol. The summed E-state index contributed by atoms with van der Waals surface area (Å²) in [6.07, 6.45) is 1.60. The van der Waals surface area contributed by atoms with Crippen LogP contribution in [-0.2, 0) is 19.1 Å². The van der Waals surface area contributed by atoms with Crippen LogP contribution in [0.1, 0.15) is 37.7 Å². The van der Waals surface area contributed by atoms with E-state index in [1.807, 2.05) is 0 Å². The van der Waals surface area contributed by atoms with E-state index in [0.29, 0.717) is 36.2 Å². The zero-order valence-corrected chi connectivity index (χ0v) is 15.2. The maximum absolute atomic E-state index is 13.6. The summed E-state index contributed by atoms with van der Waals surface area (Å²) < 4.78 is 24.6. The number of allylic oxidation sites excluding steroid dienone is 2. The minimum atomic E-state index is -0.729. The minimum Gasteiger partial charge on any atom is -0.462 e. The highest BCUT2D eigenvalue weighted by atomic mass is 79.9. The molecule has 0 amide bonds. The molecule has 7 heteroatoms. The van der Waals surface area contributed by atoms with Crippen molar-refractivity contribution < 1.29 is 23.5 Å². The number of nitrogens with two attached hydrogens (primary N) is 1. The second-order valence-corrected chi connectivity index (χ2v) is 6.67. The molecule has 25 heavy (non-hydrogen) atoms. The molecule has 0 spiro atoms. The highest BCUT2D eigenvalue weighted by molar-refractivity contribution is 9.10. The predicted octanol–water partition coefficient (Wildman–Crippen LogP) is 3.44. The summed E-state index contributed by atoms with van der Waals surface area (Å²) in [4.78, 5) is 25.0. The number of carbonyl (C=O) groups excluding carboxylic acids is 2. The molecule has 1 aromatic carbocycles. The number of carbonyl (C=O) groups is 2. The van der Waals surface area contributed by atoms with Crippen molar-refractivity contribution in [3.05, 3.63) is 56.8 Å². The lowest BCUT2D eigenvalue weighted by molar-refractivity contribution is -0.139. The Labute approximate surface area is 152 Å². The third kappa shape index (κ3) is 3.20. The first kappa shape index (κ1) is 17.7. The van der Waals surface area contributed by atoms with Gasteiger partial charge in [0.05, 0.1) is 17.0 Å². The Hall–Kier alpha value is -2.15. The summed E-state index contributed by atoms with van der Waals surface area (Å²) in [6, 6.07) is 4.36. The summed E-state index contributed by atoms with van der Waals surface area (Å²) in [5.41, 5.74) is 7.04. The Morgan fingerprint density at radius 3 is 2.88 bits per heavy atom. The van der Waals surface area contributed by atoms with Crippen LogP contribution in [0.4, 0.5) is 4.39 Å². The van der Waals surface area contributed by atoms with Gasteiger partial charge in [0.25, 0.3) is 0 Å². The Bertz CT molecular complexity index is 815. The van der Waals surface area contributed by atoms with E-state index < -0.39 is 17.7 Å². The zero-order chi connectivity index (χ0) is 18.1. The molecule has 1 heterocycles. The molecular weight excluding hydrogens is 393 g/mol. The van der Waals surface area contributed by atoms with Crippen molar-refractivity contribution in [2.75, 3.05) is 6.61 Å². The van der Waals surface area contributed by atoms with E-state index in [9.17, 15) is 14.0 Å². The second-order valence-electron chi connectivity index (χ2n) is 5.82. The highest BCUT2D eigenvalue weighted by Gasteiger charge is 2.41. The molecule has 0 saturated heterocycles. The van der Waals surface area contributed by atoms with Crippen molar-refractivity contribution in [1.29, 1.82) is 0 Å². The Balaban J connectivity index is 2.18. The summed E-state index contributed by atoms with van der Waals surface area (Å²) in [7, 11) is 0. The van der Waals surface area contributed by atoms with Gasteiger partial charge < -0.3 is 15.2 Å². The topological polar surface area (TPSA) is 78.6 Å². The number of hydrogen-bond acceptors (Lipinski definition) is 5. The lowest BCUT2D eigenvalue weighted by atomic mass is 9.77. The summed E-state index contributed by atoms with van der Waals surface area (Å²) in [5.74, 6) is -1.50. The van der Waals surface area contributed by atoms with Gasteiger partial charge in [-0.25, -0.2) is 9.18 Å². The van der Waals surface area contributed by atoms with Gasteiger partial charge in [0.1, 0.15) is 17.1 Å². The van der Waals surface area contributed by atoms with Crippen LogP contribution in [0.15, 0.2) is 45.5 Å². The largest absolute Gasteiger partial charge is 0.462 e. The molecule has 1 aromatic rings. The number of ether oxygens (including phenoxy) is 2. The lowest BCUT2D eigenvalue weighted by Crippen LogP contribution is -2.31. The van der Waals surface area contributed by atoms with Crippen LogP contribution < -0.4 is 5.73 Å². The van der Waals surface area contributed by atoms with Crippen LogP contribution in [0.3, 0.4) is 0 Å². The highest BCUT2D eigenvalue weighted by Crippen LogP contribution is 2.44.